The Morgan fingerprint density at radius 3 is 2.87 bits per heavy atom. The maximum absolute atomic E-state index is 11.3. The van der Waals surface area contributed by atoms with Gasteiger partial charge in [0.2, 0.25) is 0 Å². The van der Waals surface area contributed by atoms with E-state index in [0.29, 0.717) is 5.69 Å². The highest BCUT2D eigenvalue weighted by molar-refractivity contribution is 5.94. The molecule has 0 saturated heterocycles. The van der Waals surface area contributed by atoms with Gasteiger partial charge in [0, 0.05) is 0 Å². The molecule has 0 bridgehead atoms. The maximum Gasteiger partial charge on any atom is 0.341 e. The summed E-state index contributed by atoms with van der Waals surface area (Å²) in [7, 11) is 1.28. The number of para-hydroxylation sites is 1. The van der Waals surface area contributed by atoms with Crippen LogP contribution in [-0.2, 0) is 4.74 Å². The molecular formula is C10H13NO4. The predicted molar refractivity (Wildman–Crippen MR) is 54.8 cm³/mol. The number of aliphatic hydroxyl groups excluding tert-OH is 1. The van der Waals surface area contributed by atoms with Gasteiger partial charge in [0.1, 0.15) is 12.2 Å². The van der Waals surface area contributed by atoms with Crippen LogP contribution < -0.4 is 10.5 Å². The van der Waals surface area contributed by atoms with E-state index in [0.717, 1.165) is 0 Å². The van der Waals surface area contributed by atoms with Crippen molar-refractivity contribution in [2.24, 2.45) is 0 Å². The van der Waals surface area contributed by atoms with Crippen molar-refractivity contribution in [1.29, 1.82) is 0 Å². The first-order valence-electron chi connectivity index (χ1n) is 4.41. The first kappa shape index (κ1) is 11.3. The number of methoxy groups -OCH3 is 1. The van der Waals surface area contributed by atoms with Gasteiger partial charge in [-0.3, -0.25) is 0 Å². The van der Waals surface area contributed by atoms with E-state index in [1.54, 1.807) is 18.2 Å². The average Bonchev–Trinajstić information content (AvgIpc) is 2.26. The van der Waals surface area contributed by atoms with E-state index in [9.17, 15) is 4.79 Å². The van der Waals surface area contributed by atoms with Gasteiger partial charge in [-0.25, -0.2) is 4.79 Å². The maximum atomic E-state index is 11.3. The van der Waals surface area contributed by atoms with Crippen molar-refractivity contribution < 1.29 is 19.4 Å². The number of rotatable bonds is 4. The molecule has 5 nitrogen and oxygen atoms in total. The molecule has 0 unspecified atom stereocenters. The van der Waals surface area contributed by atoms with Crippen molar-refractivity contribution in [3.8, 4) is 5.75 Å². The van der Waals surface area contributed by atoms with Crippen LogP contribution >= 0.6 is 0 Å². The lowest BCUT2D eigenvalue weighted by molar-refractivity contribution is 0.0595. The second kappa shape index (κ2) is 5.21. The Labute approximate surface area is 87.4 Å². The van der Waals surface area contributed by atoms with Gasteiger partial charge in [-0.15, -0.1) is 0 Å². The van der Waals surface area contributed by atoms with Gasteiger partial charge in [0.05, 0.1) is 19.4 Å². The molecule has 1 aromatic carbocycles. The van der Waals surface area contributed by atoms with Crippen LogP contribution in [0.5, 0.6) is 5.75 Å². The first-order valence-corrected chi connectivity index (χ1v) is 4.41. The summed E-state index contributed by atoms with van der Waals surface area (Å²) in [5.41, 5.74) is 6.23. The lowest BCUT2D eigenvalue weighted by atomic mass is 10.2. The van der Waals surface area contributed by atoms with E-state index < -0.39 is 5.97 Å². The summed E-state index contributed by atoms with van der Waals surface area (Å²) >= 11 is 0. The van der Waals surface area contributed by atoms with E-state index in [1.807, 2.05) is 0 Å². The monoisotopic (exact) mass is 211 g/mol. The second-order valence-electron chi connectivity index (χ2n) is 2.79. The minimum absolute atomic E-state index is 0.0816. The highest BCUT2D eigenvalue weighted by atomic mass is 16.5. The van der Waals surface area contributed by atoms with Crippen LogP contribution in [0, 0.1) is 0 Å². The molecule has 0 saturated carbocycles. The number of hydrogen-bond acceptors (Lipinski definition) is 5. The molecule has 0 atom stereocenters. The molecule has 0 radical (unpaired) electrons. The van der Waals surface area contributed by atoms with Crippen LogP contribution in [-0.4, -0.2) is 31.4 Å². The smallest absolute Gasteiger partial charge is 0.341 e. The highest BCUT2D eigenvalue weighted by Gasteiger charge is 2.14. The molecule has 0 aliphatic carbocycles. The number of nitrogens with two attached hydrogens (primary N) is 1. The molecule has 0 aliphatic rings. The topological polar surface area (TPSA) is 81.8 Å². The summed E-state index contributed by atoms with van der Waals surface area (Å²) in [5, 5.41) is 8.62. The number of carbonyl (C=O) groups is 1. The van der Waals surface area contributed by atoms with E-state index in [1.165, 1.54) is 7.11 Å². The van der Waals surface area contributed by atoms with Gasteiger partial charge in [-0.05, 0) is 12.1 Å². The molecule has 15 heavy (non-hydrogen) atoms. The molecule has 0 heterocycles. The van der Waals surface area contributed by atoms with Crippen LogP contribution in [0.25, 0.3) is 0 Å². The fourth-order valence-electron chi connectivity index (χ4n) is 1.13. The minimum atomic E-state index is -0.518. The number of aliphatic hydroxyl groups is 1. The first-order chi connectivity index (χ1) is 7.20. The zero-order valence-corrected chi connectivity index (χ0v) is 8.40. The van der Waals surface area contributed by atoms with Crippen molar-refractivity contribution in [3.63, 3.8) is 0 Å². The number of nitrogen functional groups attached to an aromatic ring is 1. The van der Waals surface area contributed by atoms with Crippen molar-refractivity contribution in [3.05, 3.63) is 23.8 Å². The van der Waals surface area contributed by atoms with Gasteiger partial charge in [-0.1, -0.05) is 6.07 Å². The third-order valence-corrected chi connectivity index (χ3v) is 1.79. The molecule has 0 amide bonds. The van der Waals surface area contributed by atoms with E-state index >= 15 is 0 Å². The van der Waals surface area contributed by atoms with Gasteiger partial charge >= 0.3 is 5.97 Å². The summed E-state index contributed by atoms with van der Waals surface area (Å²) in [5.74, 6) is -0.270. The Kier molecular flexibility index (Phi) is 3.93. The van der Waals surface area contributed by atoms with Gasteiger partial charge in [0.25, 0.3) is 0 Å². The Balaban J connectivity index is 3.03. The molecule has 1 aromatic rings. The number of benzene rings is 1. The van der Waals surface area contributed by atoms with Crippen LogP contribution in [0.3, 0.4) is 0 Å². The fraction of sp³-hybridized carbons (Fsp3) is 0.300. The third-order valence-electron chi connectivity index (χ3n) is 1.79. The third kappa shape index (κ3) is 2.60. The molecule has 0 spiro atoms. The Morgan fingerprint density at radius 2 is 2.27 bits per heavy atom. The Morgan fingerprint density at radius 1 is 1.53 bits per heavy atom. The van der Waals surface area contributed by atoms with Crippen molar-refractivity contribution in [2.75, 3.05) is 26.1 Å². The summed E-state index contributed by atoms with van der Waals surface area (Å²) in [6.07, 6.45) is 0. The predicted octanol–water partition coefficient (Wildman–Crippen LogP) is 0.426. The molecule has 3 N–H and O–H groups in total. The standard InChI is InChI=1S/C10H13NO4/c1-14-10(13)7-3-2-4-8(11)9(7)15-6-5-12/h2-4,12H,5-6,11H2,1H3. The van der Waals surface area contributed by atoms with Crippen LogP contribution in [0.2, 0.25) is 0 Å². The lowest BCUT2D eigenvalue weighted by Crippen LogP contribution is -2.10. The molecule has 0 fully saturated rings. The molecule has 0 aromatic heterocycles. The van der Waals surface area contributed by atoms with Crippen molar-refractivity contribution >= 4 is 11.7 Å². The number of hydrogen-bond donors (Lipinski definition) is 2. The SMILES string of the molecule is COC(=O)c1cccc(N)c1OCCO. The average molecular weight is 211 g/mol. The lowest BCUT2D eigenvalue weighted by Gasteiger charge is -2.11. The molecule has 5 heteroatoms. The molecule has 82 valence electrons. The van der Waals surface area contributed by atoms with Crippen LogP contribution in [0.1, 0.15) is 10.4 Å². The van der Waals surface area contributed by atoms with E-state index in [2.05, 4.69) is 4.74 Å². The van der Waals surface area contributed by atoms with E-state index in [-0.39, 0.29) is 24.5 Å². The zero-order valence-electron chi connectivity index (χ0n) is 8.40. The Hall–Kier alpha value is -1.75. The summed E-state index contributed by atoms with van der Waals surface area (Å²) in [6.45, 7) is -0.0623. The van der Waals surface area contributed by atoms with Crippen molar-refractivity contribution in [2.45, 2.75) is 0 Å². The number of anilines is 1. The summed E-state index contributed by atoms with van der Waals surface area (Å²) in [4.78, 5) is 11.3. The molecule has 1 rings (SSSR count). The van der Waals surface area contributed by atoms with Gasteiger partial charge < -0.3 is 20.3 Å². The number of carbonyl (C=O) groups excluding carboxylic acids is 1. The van der Waals surface area contributed by atoms with Gasteiger partial charge in [-0.2, -0.15) is 0 Å². The summed E-state index contributed by atoms with van der Waals surface area (Å²) < 4.78 is 9.74. The van der Waals surface area contributed by atoms with E-state index in [4.69, 9.17) is 15.6 Å². The highest BCUT2D eigenvalue weighted by Crippen LogP contribution is 2.26. The number of esters is 1. The van der Waals surface area contributed by atoms with Crippen molar-refractivity contribution in [1.82, 2.24) is 0 Å². The zero-order chi connectivity index (χ0) is 11.3. The summed E-state index contributed by atoms with van der Waals surface area (Å²) in [6, 6.07) is 4.79. The fourth-order valence-corrected chi connectivity index (χ4v) is 1.13. The second-order valence-corrected chi connectivity index (χ2v) is 2.79. The molecular weight excluding hydrogens is 198 g/mol. The number of ether oxygens (including phenoxy) is 2. The minimum Gasteiger partial charge on any atom is -0.488 e. The Bertz CT molecular complexity index is 351. The normalized spacial score (nSPS) is 9.73. The quantitative estimate of drug-likeness (QED) is 0.557. The molecule has 0 aliphatic heterocycles. The van der Waals surface area contributed by atoms with Crippen LogP contribution in [0.4, 0.5) is 5.69 Å². The van der Waals surface area contributed by atoms with Crippen LogP contribution in [0.15, 0.2) is 18.2 Å². The van der Waals surface area contributed by atoms with Gasteiger partial charge in [0.15, 0.2) is 5.75 Å². The largest absolute Gasteiger partial charge is 0.488 e.